The molecule has 0 saturated carbocycles. The first kappa shape index (κ1) is 12.8. The Morgan fingerprint density at radius 1 is 1.44 bits per heavy atom. The minimum absolute atomic E-state index is 0.115. The van der Waals surface area contributed by atoms with Crippen LogP contribution in [0.1, 0.15) is 5.69 Å². The number of aromatic hydroxyl groups is 1. The second-order valence-electron chi connectivity index (χ2n) is 3.15. The van der Waals surface area contributed by atoms with E-state index in [2.05, 4.69) is 15.0 Å². The Balaban J connectivity index is 2.05. The van der Waals surface area contributed by atoms with Gasteiger partial charge in [-0.1, -0.05) is 0 Å². The molecule has 0 aliphatic rings. The highest BCUT2D eigenvalue weighted by Gasteiger charge is 2.00. The quantitative estimate of drug-likeness (QED) is 0.693. The number of nitrogens with one attached hydrogen (secondary N) is 1. The van der Waals surface area contributed by atoms with Gasteiger partial charge in [-0.2, -0.15) is 0 Å². The van der Waals surface area contributed by atoms with Crippen molar-refractivity contribution in [3.8, 4) is 5.75 Å². The molecule has 0 spiro atoms. The summed E-state index contributed by atoms with van der Waals surface area (Å²) in [5, 5.41) is 12.0. The summed E-state index contributed by atoms with van der Waals surface area (Å²) in [6, 6.07) is 3.22. The van der Waals surface area contributed by atoms with Gasteiger partial charge in [-0.3, -0.25) is 4.98 Å². The summed E-state index contributed by atoms with van der Waals surface area (Å²) in [5.41, 5.74) is 0.770. The zero-order valence-corrected chi connectivity index (χ0v) is 8.70. The summed E-state index contributed by atoms with van der Waals surface area (Å²) in [6.45, 7) is 0.704. The first-order valence-corrected chi connectivity index (χ1v) is 4.89. The van der Waals surface area contributed by atoms with Gasteiger partial charge in [0.25, 0.3) is 6.43 Å². The number of hydrogen-bond donors (Lipinski definition) is 2. The molecule has 0 aromatic carbocycles. The zero-order chi connectivity index (χ0) is 11.8. The number of ether oxygens (including phenoxy) is 1. The summed E-state index contributed by atoms with van der Waals surface area (Å²) in [5.74, 6) is 0.115. The molecule has 4 nitrogen and oxygen atoms in total. The van der Waals surface area contributed by atoms with Crippen molar-refractivity contribution in [1.29, 1.82) is 0 Å². The minimum atomic E-state index is -2.42. The third-order valence-electron chi connectivity index (χ3n) is 1.78. The normalized spacial score (nSPS) is 10.9. The smallest absolute Gasteiger partial charge is 0.261 e. The molecule has 2 N–H and O–H groups in total. The van der Waals surface area contributed by atoms with Crippen molar-refractivity contribution in [3.63, 3.8) is 0 Å². The average Bonchev–Trinajstić information content (AvgIpc) is 2.25. The van der Waals surface area contributed by atoms with E-state index in [4.69, 9.17) is 5.11 Å². The van der Waals surface area contributed by atoms with Gasteiger partial charge in [-0.15, -0.1) is 0 Å². The summed E-state index contributed by atoms with van der Waals surface area (Å²) >= 11 is 0. The van der Waals surface area contributed by atoms with Crippen LogP contribution in [-0.4, -0.2) is 36.3 Å². The van der Waals surface area contributed by atoms with Crippen molar-refractivity contribution in [3.05, 3.63) is 24.0 Å². The van der Waals surface area contributed by atoms with Crippen molar-refractivity contribution in [2.45, 2.75) is 13.0 Å². The third-order valence-corrected chi connectivity index (χ3v) is 1.78. The van der Waals surface area contributed by atoms with Crippen LogP contribution in [0.4, 0.5) is 8.78 Å². The highest BCUT2D eigenvalue weighted by molar-refractivity contribution is 5.17. The van der Waals surface area contributed by atoms with Crippen LogP contribution in [0.25, 0.3) is 0 Å². The van der Waals surface area contributed by atoms with Crippen LogP contribution in [0, 0.1) is 0 Å². The molecule has 0 radical (unpaired) electrons. The molecule has 6 heteroatoms. The number of nitrogens with zero attached hydrogens (tertiary/aromatic N) is 1. The van der Waals surface area contributed by atoms with Gasteiger partial charge in [0.05, 0.1) is 18.5 Å². The highest BCUT2D eigenvalue weighted by Crippen LogP contribution is 2.05. The molecule has 0 saturated heterocycles. The van der Waals surface area contributed by atoms with E-state index in [9.17, 15) is 8.78 Å². The van der Waals surface area contributed by atoms with Crippen molar-refractivity contribution >= 4 is 0 Å². The second kappa shape index (κ2) is 7.08. The van der Waals surface area contributed by atoms with Gasteiger partial charge in [0.2, 0.25) is 0 Å². The van der Waals surface area contributed by atoms with E-state index < -0.39 is 13.0 Å². The van der Waals surface area contributed by atoms with E-state index in [1.165, 1.54) is 12.3 Å². The lowest BCUT2D eigenvalue weighted by Gasteiger charge is -2.05. The third kappa shape index (κ3) is 5.57. The van der Waals surface area contributed by atoms with E-state index in [0.29, 0.717) is 13.1 Å². The van der Waals surface area contributed by atoms with Crippen molar-refractivity contribution in [2.24, 2.45) is 0 Å². The number of halogens is 2. The van der Waals surface area contributed by atoms with E-state index in [-0.39, 0.29) is 12.4 Å². The Morgan fingerprint density at radius 2 is 2.25 bits per heavy atom. The molecule has 0 aliphatic carbocycles. The molecule has 0 atom stereocenters. The lowest BCUT2D eigenvalue weighted by Crippen LogP contribution is -2.21. The van der Waals surface area contributed by atoms with Crippen LogP contribution in [0.15, 0.2) is 18.3 Å². The predicted octanol–water partition coefficient (Wildman–Crippen LogP) is 1.16. The maximum absolute atomic E-state index is 11.7. The molecule has 0 aliphatic heterocycles. The van der Waals surface area contributed by atoms with Crippen LogP contribution in [0.3, 0.4) is 0 Å². The summed E-state index contributed by atoms with van der Waals surface area (Å²) in [7, 11) is 0. The number of alkyl halides is 2. The average molecular weight is 232 g/mol. The van der Waals surface area contributed by atoms with Crippen LogP contribution in [0.5, 0.6) is 5.75 Å². The molecular weight excluding hydrogens is 218 g/mol. The SMILES string of the molecule is Oc1ccc(CNCCOCC(F)F)nc1. The molecule has 0 bridgehead atoms. The predicted molar refractivity (Wildman–Crippen MR) is 54.4 cm³/mol. The number of rotatable bonds is 7. The van der Waals surface area contributed by atoms with Crippen LogP contribution >= 0.6 is 0 Å². The summed E-state index contributed by atoms with van der Waals surface area (Å²) in [4.78, 5) is 3.95. The standard InChI is InChI=1S/C10H14F2N2O2/c11-10(12)7-16-4-3-13-5-8-1-2-9(15)6-14-8/h1-2,6,10,13,15H,3-5,7H2. The van der Waals surface area contributed by atoms with Crippen molar-refractivity contribution < 1.29 is 18.6 Å². The number of aromatic nitrogens is 1. The van der Waals surface area contributed by atoms with Gasteiger partial charge in [0.15, 0.2) is 0 Å². The fourth-order valence-corrected chi connectivity index (χ4v) is 1.05. The summed E-state index contributed by atoms with van der Waals surface area (Å²) in [6.07, 6.45) is -1.07. The van der Waals surface area contributed by atoms with E-state index >= 15 is 0 Å². The molecule has 0 unspecified atom stereocenters. The molecular formula is C10H14F2N2O2. The van der Waals surface area contributed by atoms with Gasteiger partial charge in [-0.05, 0) is 12.1 Å². The van der Waals surface area contributed by atoms with Gasteiger partial charge in [-0.25, -0.2) is 8.78 Å². The molecule has 0 amide bonds. The van der Waals surface area contributed by atoms with Crippen LogP contribution in [0.2, 0.25) is 0 Å². The van der Waals surface area contributed by atoms with Crippen molar-refractivity contribution in [1.82, 2.24) is 10.3 Å². The van der Waals surface area contributed by atoms with E-state index in [0.717, 1.165) is 5.69 Å². The fourth-order valence-electron chi connectivity index (χ4n) is 1.05. The lowest BCUT2D eigenvalue weighted by molar-refractivity contribution is 0.0187. The Kier molecular flexibility index (Phi) is 5.66. The van der Waals surface area contributed by atoms with Crippen molar-refractivity contribution in [2.75, 3.05) is 19.8 Å². The Labute approximate surface area is 92.3 Å². The first-order valence-electron chi connectivity index (χ1n) is 4.89. The van der Waals surface area contributed by atoms with Gasteiger partial charge in [0, 0.05) is 13.1 Å². The molecule has 1 aromatic heterocycles. The van der Waals surface area contributed by atoms with Crippen LogP contribution < -0.4 is 5.32 Å². The van der Waals surface area contributed by atoms with E-state index in [1.54, 1.807) is 6.07 Å². The molecule has 0 fully saturated rings. The maximum Gasteiger partial charge on any atom is 0.261 e. The minimum Gasteiger partial charge on any atom is -0.506 e. The maximum atomic E-state index is 11.7. The Bertz CT molecular complexity index is 293. The molecule has 16 heavy (non-hydrogen) atoms. The monoisotopic (exact) mass is 232 g/mol. The molecule has 90 valence electrons. The Hall–Kier alpha value is -1.27. The zero-order valence-electron chi connectivity index (χ0n) is 8.70. The fraction of sp³-hybridized carbons (Fsp3) is 0.500. The van der Waals surface area contributed by atoms with Gasteiger partial charge < -0.3 is 15.2 Å². The van der Waals surface area contributed by atoms with Gasteiger partial charge in [0.1, 0.15) is 12.4 Å². The second-order valence-corrected chi connectivity index (χ2v) is 3.15. The topological polar surface area (TPSA) is 54.4 Å². The number of pyridine rings is 1. The summed E-state index contributed by atoms with van der Waals surface area (Å²) < 4.78 is 28.0. The molecule has 1 aromatic rings. The Morgan fingerprint density at radius 3 is 2.88 bits per heavy atom. The van der Waals surface area contributed by atoms with Gasteiger partial charge >= 0.3 is 0 Å². The molecule has 1 rings (SSSR count). The largest absolute Gasteiger partial charge is 0.506 e. The number of hydrogen-bond acceptors (Lipinski definition) is 4. The lowest BCUT2D eigenvalue weighted by atomic mass is 10.3. The highest BCUT2D eigenvalue weighted by atomic mass is 19.3. The molecule has 1 heterocycles. The van der Waals surface area contributed by atoms with E-state index in [1.807, 2.05) is 0 Å². The van der Waals surface area contributed by atoms with Crippen LogP contribution in [-0.2, 0) is 11.3 Å². The first-order chi connectivity index (χ1) is 7.68.